The van der Waals surface area contributed by atoms with Gasteiger partial charge in [0.1, 0.15) is 6.33 Å². The lowest BCUT2D eigenvalue weighted by atomic mass is 10.2. The number of carbonyl (C=O) groups excluding carboxylic acids is 1. The molecule has 1 saturated heterocycles. The maximum Gasteiger partial charge on any atom is 0.246 e. The van der Waals surface area contributed by atoms with E-state index in [1.807, 2.05) is 72.5 Å². The van der Waals surface area contributed by atoms with Gasteiger partial charge in [-0.1, -0.05) is 53.2 Å². The number of carbonyl (C=O) groups is 1. The minimum absolute atomic E-state index is 0.0200. The van der Waals surface area contributed by atoms with Crippen molar-refractivity contribution < 1.29 is 4.79 Å². The molecule has 1 aliphatic heterocycles. The summed E-state index contributed by atoms with van der Waals surface area (Å²) in [5, 5.41) is 8.68. The Hall–Kier alpha value is -4.07. The maximum absolute atomic E-state index is 12.6. The van der Waals surface area contributed by atoms with Crippen LogP contribution in [0, 0.1) is 6.92 Å². The SMILES string of the molecule is Cc1ccc(-n2nnc3c(N4CCN(C(=O)/C=C/c5ccccc5)CC4)ncnc32)cc1. The highest BCUT2D eigenvalue weighted by molar-refractivity contribution is 5.92. The molecular formula is C24H23N7O. The van der Waals surface area contributed by atoms with Crippen LogP contribution < -0.4 is 4.90 Å². The van der Waals surface area contributed by atoms with E-state index in [4.69, 9.17) is 0 Å². The quantitative estimate of drug-likeness (QED) is 0.468. The molecule has 5 rings (SSSR count). The highest BCUT2D eigenvalue weighted by Gasteiger charge is 2.24. The van der Waals surface area contributed by atoms with Crippen LogP contribution in [0.25, 0.3) is 22.9 Å². The summed E-state index contributed by atoms with van der Waals surface area (Å²) in [5.41, 5.74) is 4.43. The lowest BCUT2D eigenvalue weighted by Gasteiger charge is -2.34. The molecular weight excluding hydrogens is 402 g/mol. The Morgan fingerprint density at radius 3 is 2.44 bits per heavy atom. The summed E-state index contributed by atoms with van der Waals surface area (Å²) in [6.07, 6.45) is 5.04. The summed E-state index contributed by atoms with van der Waals surface area (Å²) in [7, 11) is 0. The molecule has 0 unspecified atom stereocenters. The number of anilines is 1. The Bertz CT molecular complexity index is 1260. The lowest BCUT2D eigenvalue weighted by molar-refractivity contribution is -0.126. The summed E-state index contributed by atoms with van der Waals surface area (Å²) >= 11 is 0. The number of hydrogen-bond donors (Lipinski definition) is 0. The average Bonchev–Trinajstić information content (AvgIpc) is 3.28. The van der Waals surface area contributed by atoms with Crippen LogP contribution in [0.3, 0.4) is 0 Å². The number of aryl methyl sites for hydroxylation is 1. The summed E-state index contributed by atoms with van der Waals surface area (Å²) in [4.78, 5) is 25.5. The molecule has 1 amide bonds. The largest absolute Gasteiger partial charge is 0.351 e. The smallest absolute Gasteiger partial charge is 0.246 e. The third kappa shape index (κ3) is 3.94. The van der Waals surface area contributed by atoms with Gasteiger partial charge in [-0.15, -0.1) is 5.10 Å². The van der Waals surface area contributed by atoms with Crippen LogP contribution in [0.2, 0.25) is 0 Å². The van der Waals surface area contributed by atoms with E-state index in [-0.39, 0.29) is 5.91 Å². The summed E-state index contributed by atoms with van der Waals surface area (Å²) in [6.45, 7) is 4.64. The molecule has 32 heavy (non-hydrogen) atoms. The lowest BCUT2D eigenvalue weighted by Crippen LogP contribution is -2.48. The van der Waals surface area contributed by atoms with Gasteiger partial charge in [0.25, 0.3) is 0 Å². The second-order valence-corrected chi connectivity index (χ2v) is 7.76. The molecule has 8 heteroatoms. The number of nitrogens with zero attached hydrogens (tertiary/aromatic N) is 7. The van der Waals surface area contributed by atoms with E-state index in [2.05, 4.69) is 25.2 Å². The van der Waals surface area contributed by atoms with E-state index in [0.29, 0.717) is 37.3 Å². The Morgan fingerprint density at radius 1 is 0.938 bits per heavy atom. The zero-order valence-corrected chi connectivity index (χ0v) is 17.8. The van der Waals surface area contributed by atoms with E-state index < -0.39 is 0 Å². The van der Waals surface area contributed by atoms with Gasteiger partial charge in [0.05, 0.1) is 5.69 Å². The molecule has 0 spiro atoms. The van der Waals surface area contributed by atoms with Gasteiger partial charge in [0.15, 0.2) is 17.0 Å². The van der Waals surface area contributed by atoms with Gasteiger partial charge in [0, 0.05) is 32.3 Å². The van der Waals surface area contributed by atoms with Crippen molar-refractivity contribution >= 4 is 29.0 Å². The third-order valence-electron chi connectivity index (χ3n) is 5.61. The van der Waals surface area contributed by atoms with Gasteiger partial charge in [-0.05, 0) is 30.7 Å². The molecule has 0 atom stereocenters. The van der Waals surface area contributed by atoms with E-state index >= 15 is 0 Å². The first-order valence-corrected chi connectivity index (χ1v) is 10.6. The summed E-state index contributed by atoms with van der Waals surface area (Å²) in [5.74, 6) is 0.770. The highest BCUT2D eigenvalue weighted by Crippen LogP contribution is 2.23. The molecule has 8 nitrogen and oxygen atoms in total. The average molecular weight is 425 g/mol. The molecule has 0 bridgehead atoms. The van der Waals surface area contributed by atoms with Crippen molar-refractivity contribution in [3.05, 3.63) is 78.1 Å². The molecule has 0 radical (unpaired) electrons. The Labute approximate surface area is 185 Å². The molecule has 2 aromatic heterocycles. The van der Waals surface area contributed by atoms with Crippen molar-refractivity contribution in [3.8, 4) is 5.69 Å². The summed E-state index contributed by atoms with van der Waals surface area (Å²) < 4.78 is 1.73. The van der Waals surface area contributed by atoms with Crippen molar-refractivity contribution in [2.45, 2.75) is 6.92 Å². The number of aromatic nitrogens is 5. The normalized spacial score (nSPS) is 14.4. The standard InChI is InChI=1S/C24H23N7O/c1-18-7-10-20(11-8-18)31-24-22(27-28-31)23(25-17-26-24)30-15-13-29(14-16-30)21(32)12-9-19-5-3-2-4-6-19/h2-12,17H,13-16H2,1H3/b12-9+. The molecule has 160 valence electrons. The number of benzene rings is 2. The van der Waals surface area contributed by atoms with Crippen LogP contribution in [-0.4, -0.2) is 61.9 Å². The summed E-state index contributed by atoms with van der Waals surface area (Å²) in [6, 6.07) is 17.9. The Kier molecular flexibility index (Phi) is 5.33. The van der Waals surface area contributed by atoms with E-state index in [1.54, 1.807) is 17.1 Å². The number of amides is 1. The molecule has 0 N–H and O–H groups in total. The van der Waals surface area contributed by atoms with Crippen LogP contribution in [0.1, 0.15) is 11.1 Å². The van der Waals surface area contributed by atoms with Gasteiger partial charge in [-0.2, -0.15) is 4.68 Å². The van der Waals surface area contributed by atoms with Crippen LogP contribution in [0.4, 0.5) is 5.82 Å². The fourth-order valence-electron chi connectivity index (χ4n) is 3.80. The van der Waals surface area contributed by atoms with Crippen LogP contribution >= 0.6 is 0 Å². The number of fused-ring (bicyclic) bond motifs is 1. The first-order valence-electron chi connectivity index (χ1n) is 10.6. The van der Waals surface area contributed by atoms with Crippen molar-refractivity contribution in [2.24, 2.45) is 0 Å². The predicted octanol–water partition coefficient (Wildman–Crippen LogP) is 2.88. The van der Waals surface area contributed by atoms with Crippen LogP contribution in [0.15, 0.2) is 67.0 Å². The van der Waals surface area contributed by atoms with E-state index in [1.165, 1.54) is 5.56 Å². The van der Waals surface area contributed by atoms with Gasteiger partial charge in [0.2, 0.25) is 5.91 Å². The second-order valence-electron chi connectivity index (χ2n) is 7.76. The molecule has 4 aromatic rings. The molecule has 0 saturated carbocycles. The zero-order valence-electron chi connectivity index (χ0n) is 17.8. The molecule has 3 heterocycles. The van der Waals surface area contributed by atoms with Crippen LogP contribution in [-0.2, 0) is 4.79 Å². The topological polar surface area (TPSA) is 80.0 Å². The second kappa shape index (κ2) is 8.58. The minimum atomic E-state index is 0.0200. The van der Waals surface area contributed by atoms with Gasteiger partial charge in [-0.3, -0.25) is 4.79 Å². The van der Waals surface area contributed by atoms with Crippen molar-refractivity contribution in [1.29, 1.82) is 0 Å². The fraction of sp³-hybridized carbons (Fsp3) is 0.208. The Balaban J connectivity index is 1.30. The number of piperazine rings is 1. The Morgan fingerprint density at radius 2 is 1.69 bits per heavy atom. The zero-order chi connectivity index (χ0) is 21.9. The number of rotatable bonds is 4. The fourth-order valence-corrected chi connectivity index (χ4v) is 3.80. The molecule has 0 aliphatic carbocycles. The van der Waals surface area contributed by atoms with Crippen molar-refractivity contribution in [3.63, 3.8) is 0 Å². The monoisotopic (exact) mass is 425 g/mol. The van der Waals surface area contributed by atoms with Gasteiger partial charge < -0.3 is 9.80 Å². The van der Waals surface area contributed by atoms with E-state index in [9.17, 15) is 4.79 Å². The molecule has 2 aromatic carbocycles. The van der Waals surface area contributed by atoms with Crippen molar-refractivity contribution in [1.82, 2.24) is 29.9 Å². The third-order valence-corrected chi connectivity index (χ3v) is 5.61. The first-order chi connectivity index (χ1) is 15.7. The minimum Gasteiger partial charge on any atom is -0.351 e. The number of hydrogen-bond acceptors (Lipinski definition) is 6. The highest BCUT2D eigenvalue weighted by atomic mass is 16.2. The van der Waals surface area contributed by atoms with Gasteiger partial charge >= 0.3 is 0 Å². The first kappa shape index (κ1) is 19.9. The molecule has 1 aliphatic rings. The predicted molar refractivity (Wildman–Crippen MR) is 123 cm³/mol. The molecule has 1 fully saturated rings. The van der Waals surface area contributed by atoms with Gasteiger partial charge in [-0.25, -0.2) is 9.97 Å². The van der Waals surface area contributed by atoms with Crippen molar-refractivity contribution in [2.75, 3.05) is 31.1 Å². The van der Waals surface area contributed by atoms with Crippen LogP contribution in [0.5, 0.6) is 0 Å². The maximum atomic E-state index is 12.6. The van der Waals surface area contributed by atoms with E-state index in [0.717, 1.165) is 17.1 Å².